The van der Waals surface area contributed by atoms with Crippen molar-refractivity contribution in [3.63, 3.8) is 0 Å². The number of fused-ring (bicyclic) bond motifs is 1. The molecule has 1 heterocycles. The van der Waals surface area contributed by atoms with Crippen LogP contribution >= 0.6 is 11.8 Å². The van der Waals surface area contributed by atoms with Crippen LogP contribution < -0.4 is 10.6 Å². The highest BCUT2D eigenvalue weighted by Crippen LogP contribution is 2.22. The first-order valence-corrected chi connectivity index (χ1v) is 8.30. The Morgan fingerprint density at radius 3 is 3.15 bits per heavy atom. The van der Waals surface area contributed by atoms with Crippen LogP contribution in [-0.2, 0) is 6.42 Å². The number of carbonyl (C=O) groups is 1. The lowest BCUT2D eigenvalue weighted by atomic mass is 10.0. The summed E-state index contributed by atoms with van der Waals surface area (Å²) in [4.78, 5) is 12.0. The zero-order chi connectivity index (χ0) is 14.2. The predicted molar refractivity (Wildman–Crippen MR) is 84.6 cm³/mol. The largest absolute Gasteiger partial charge is 0.396 e. The topological polar surface area (TPSA) is 61.4 Å². The van der Waals surface area contributed by atoms with E-state index in [0.29, 0.717) is 6.54 Å². The summed E-state index contributed by atoms with van der Waals surface area (Å²) in [5.74, 6) is 1.83. The number of hydrogen-bond acceptors (Lipinski definition) is 4. The summed E-state index contributed by atoms with van der Waals surface area (Å²) in [5, 5.41) is 15.0. The van der Waals surface area contributed by atoms with Crippen molar-refractivity contribution in [2.45, 2.75) is 19.3 Å². The number of carbonyl (C=O) groups excluding carboxylic acids is 1. The summed E-state index contributed by atoms with van der Waals surface area (Å²) in [7, 11) is 0. The third kappa shape index (κ3) is 4.42. The van der Waals surface area contributed by atoms with E-state index in [2.05, 4.69) is 10.6 Å². The van der Waals surface area contributed by atoms with E-state index in [4.69, 9.17) is 5.11 Å². The summed E-state index contributed by atoms with van der Waals surface area (Å²) in [6.45, 7) is 1.93. The summed E-state index contributed by atoms with van der Waals surface area (Å²) in [6.07, 6.45) is 2.98. The number of rotatable bonds is 7. The zero-order valence-electron chi connectivity index (χ0n) is 11.7. The first kappa shape index (κ1) is 15.2. The molecular formula is C15H22N2O2S. The minimum Gasteiger partial charge on any atom is -0.396 e. The van der Waals surface area contributed by atoms with E-state index >= 15 is 0 Å². The van der Waals surface area contributed by atoms with Crippen molar-refractivity contribution in [1.29, 1.82) is 0 Å². The zero-order valence-corrected chi connectivity index (χ0v) is 12.5. The van der Waals surface area contributed by atoms with Crippen molar-refractivity contribution in [2.24, 2.45) is 0 Å². The van der Waals surface area contributed by atoms with Gasteiger partial charge in [-0.3, -0.25) is 4.79 Å². The first-order chi connectivity index (χ1) is 9.81. The Hall–Kier alpha value is -1.20. The average molecular weight is 294 g/mol. The van der Waals surface area contributed by atoms with Gasteiger partial charge in [-0.05, 0) is 48.8 Å². The molecular weight excluding hydrogens is 272 g/mol. The van der Waals surface area contributed by atoms with Crippen LogP contribution in [0.4, 0.5) is 5.69 Å². The fourth-order valence-electron chi connectivity index (χ4n) is 2.22. The van der Waals surface area contributed by atoms with Crippen molar-refractivity contribution < 1.29 is 9.90 Å². The smallest absolute Gasteiger partial charge is 0.251 e. The Labute approximate surface area is 124 Å². The molecule has 0 aliphatic carbocycles. The average Bonchev–Trinajstić information content (AvgIpc) is 2.50. The molecule has 0 radical (unpaired) electrons. The monoisotopic (exact) mass is 294 g/mol. The van der Waals surface area contributed by atoms with Gasteiger partial charge in [0.1, 0.15) is 0 Å². The maximum absolute atomic E-state index is 12.0. The molecule has 3 N–H and O–H groups in total. The van der Waals surface area contributed by atoms with Crippen LogP contribution in [-0.4, -0.2) is 42.2 Å². The number of benzene rings is 1. The molecule has 1 aliphatic rings. The van der Waals surface area contributed by atoms with Crippen molar-refractivity contribution in [2.75, 3.05) is 36.5 Å². The Morgan fingerprint density at radius 1 is 1.40 bits per heavy atom. The first-order valence-electron chi connectivity index (χ1n) is 7.15. The van der Waals surface area contributed by atoms with Gasteiger partial charge in [0.15, 0.2) is 0 Å². The number of aliphatic hydroxyl groups is 1. The standard InChI is InChI=1S/C15H22N2O2S/c18-8-2-9-20-10-7-17-15(19)13-4-5-14-12(11-13)3-1-6-16-14/h4-5,11,16,18H,1-3,6-10H2,(H,17,19). The number of aliphatic hydroxyl groups excluding tert-OH is 1. The summed E-state index contributed by atoms with van der Waals surface area (Å²) < 4.78 is 0. The van der Waals surface area contributed by atoms with E-state index in [-0.39, 0.29) is 12.5 Å². The van der Waals surface area contributed by atoms with E-state index in [1.54, 1.807) is 11.8 Å². The molecule has 1 amide bonds. The molecule has 0 saturated carbocycles. The second kappa shape index (κ2) is 8.17. The van der Waals surface area contributed by atoms with Gasteiger partial charge in [0, 0.05) is 36.7 Å². The van der Waals surface area contributed by atoms with E-state index in [1.807, 2.05) is 18.2 Å². The molecule has 110 valence electrons. The molecule has 1 aromatic rings. The highest BCUT2D eigenvalue weighted by Gasteiger charge is 2.12. The Morgan fingerprint density at radius 2 is 2.30 bits per heavy atom. The SMILES string of the molecule is O=C(NCCSCCCO)c1ccc2c(c1)CCCN2. The fourth-order valence-corrected chi connectivity index (χ4v) is 3.01. The molecule has 4 nitrogen and oxygen atoms in total. The van der Waals surface area contributed by atoms with Gasteiger partial charge in [0.25, 0.3) is 5.91 Å². The summed E-state index contributed by atoms with van der Waals surface area (Å²) >= 11 is 1.75. The molecule has 0 saturated heterocycles. The molecule has 0 aromatic heterocycles. The lowest BCUT2D eigenvalue weighted by Crippen LogP contribution is -2.26. The number of thioether (sulfide) groups is 1. The van der Waals surface area contributed by atoms with Gasteiger partial charge in [0.05, 0.1) is 0 Å². The van der Waals surface area contributed by atoms with Crippen molar-refractivity contribution in [3.8, 4) is 0 Å². The lowest BCUT2D eigenvalue weighted by Gasteiger charge is -2.18. The van der Waals surface area contributed by atoms with Crippen LogP contribution in [0.2, 0.25) is 0 Å². The van der Waals surface area contributed by atoms with Gasteiger partial charge in [-0.2, -0.15) is 11.8 Å². The van der Waals surface area contributed by atoms with Gasteiger partial charge in [-0.15, -0.1) is 0 Å². The number of anilines is 1. The molecule has 0 spiro atoms. The molecule has 20 heavy (non-hydrogen) atoms. The Bertz CT molecular complexity index is 451. The third-order valence-electron chi connectivity index (χ3n) is 3.28. The molecule has 0 bridgehead atoms. The highest BCUT2D eigenvalue weighted by molar-refractivity contribution is 7.99. The summed E-state index contributed by atoms with van der Waals surface area (Å²) in [6, 6.07) is 5.88. The highest BCUT2D eigenvalue weighted by atomic mass is 32.2. The van der Waals surface area contributed by atoms with Gasteiger partial charge >= 0.3 is 0 Å². The molecule has 1 aromatic carbocycles. The number of amides is 1. The van der Waals surface area contributed by atoms with Crippen molar-refractivity contribution in [1.82, 2.24) is 5.32 Å². The maximum Gasteiger partial charge on any atom is 0.251 e. The van der Waals surface area contributed by atoms with Crippen LogP contribution in [0.15, 0.2) is 18.2 Å². The van der Waals surface area contributed by atoms with E-state index < -0.39 is 0 Å². The van der Waals surface area contributed by atoms with Gasteiger partial charge in [-0.1, -0.05) is 0 Å². The van der Waals surface area contributed by atoms with Crippen LogP contribution in [0.25, 0.3) is 0 Å². The molecule has 5 heteroatoms. The second-order valence-corrected chi connectivity index (χ2v) is 6.07. The van der Waals surface area contributed by atoms with Crippen LogP contribution in [0, 0.1) is 0 Å². The van der Waals surface area contributed by atoms with Crippen LogP contribution in [0.1, 0.15) is 28.8 Å². The van der Waals surface area contributed by atoms with E-state index in [0.717, 1.165) is 48.6 Å². The minimum atomic E-state index is 0.00105. The minimum absolute atomic E-state index is 0.00105. The lowest BCUT2D eigenvalue weighted by molar-refractivity contribution is 0.0956. The predicted octanol–water partition coefficient (Wildman–Crippen LogP) is 1.89. The quantitative estimate of drug-likeness (QED) is 0.672. The molecule has 1 aliphatic heterocycles. The van der Waals surface area contributed by atoms with Crippen molar-refractivity contribution >= 4 is 23.4 Å². The molecule has 0 unspecified atom stereocenters. The van der Waals surface area contributed by atoms with Gasteiger partial charge in [-0.25, -0.2) is 0 Å². The van der Waals surface area contributed by atoms with Crippen LogP contribution in [0.3, 0.4) is 0 Å². The summed E-state index contributed by atoms with van der Waals surface area (Å²) in [5.41, 5.74) is 3.14. The van der Waals surface area contributed by atoms with Crippen LogP contribution in [0.5, 0.6) is 0 Å². The van der Waals surface area contributed by atoms with Gasteiger partial charge in [0.2, 0.25) is 0 Å². The molecule has 2 rings (SSSR count). The molecule has 0 atom stereocenters. The number of hydrogen-bond donors (Lipinski definition) is 3. The normalized spacial score (nSPS) is 13.4. The third-order valence-corrected chi connectivity index (χ3v) is 4.35. The van der Waals surface area contributed by atoms with E-state index in [9.17, 15) is 4.79 Å². The van der Waals surface area contributed by atoms with Gasteiger partial charge < -0.3 is 15.7 Å². The van der Waals surface area contributed by atoms with E-state index in [1.165, 1.54) is 5.56 Å². The number of aryl methyl sites for hydroxylation is 1. The van der Waals surface area contributed by atoms with Crippen molar-refractivity contribution in [3.05, 3.63) is 29.3 Å². The Balaban J connectivity index is 1.77. The molecule has 0 fully saturated rings. The Kier molecular flexibility index (Phi) is 6.21. The number of nitrogens with one attached hydrogen (secondary N) is 2. The fraction of sp³-hybridized carbons (Fsp3) is 0.533. The maximum atomic E-state index is 12.0. The second-order valence-electron chi connectivity index (χ2n) is 4.85.